The van der Waals surface area contributed by atoms with Crippen LogP contribution in [0.25, 0.3) is 0 Å². The van der Waals surface area contributed by atoms with Crippen molar-refractivity contribution in [1.82, 2.24) is 5.43 Å². The fraction of sp³-hybridized carbons (Fsp3) is 0.346. The topological polar surface area (TPSA) is 27.6 Å². The van der Waals surface area contributed by atoms with Crippen molar-refractivity contribution in [3.63, 3.8) is 0 Å². The third-order valence-electron chi connectivity index (χ3n) is 4.84. The molecular weight excluding hydrogens is 386 g/mol. The van der Waals surface area contributed by atoms with Gasteiger partial charge in [-0.15, -0.1) is 11.8 Å². The molecule has 1 heterocycles. The smallest absolute Gasteiger partial charge is 0.115 e. The highest BCUT2D eigenvalue weighted by molar-refractivity contribution is 7.99. The quantitative estimate of drug-likeness (QED) is 0.163. The number of fused-ring (bicyclic) bond motifs is 1. The molecule has 0 fully saturated rings. The number of allylic oxidation sites excluding steroid dienone is 7. The van der Waals surface area contributed by atoms with E-state index in [2.05, 4.69) is 79.4 Å². The Morgan fingerprint density at radius 1 is 1.23 bits per heavy atom. The molecule has 0 saturated heterocycles. The van der Waals surface area contributed by atoms with Crippen molar-refractivity contribution in [1.29, 1.82) is 0 Å². The van der Waals surface area contributed by atoms with Crippen molar-refractivity contribution >= 4 is 23.2 Å². The van der Waals surface area contributed by atoms with Gasteiger partial charge < -0.3 is 10.3 Å². The second kappa shape index (κ2) is 13.0. The lowest BCUT2D eigenvalue weighted by Gasteiger charge is -2.19. The standard InChI is InChI=1S/C26H35N3S/c1-6-10-18-29-21(5)26(28-27-9-4)24-20-23(16-17-25(24)29)30-19-13-11-12-15-22(8-3)14-7-2/h7-8,12,14-17,20,27H,2-3,5-6,9-11,13,18-19H2,1,4H3/b15-12-,22-14-,28-26+. The van der Waals surface area contributed by atoms with Crippen molar-refractivity contribution in [3.8, 4) is 0 Å². The third kappa shape index (κ3) is 6.53. The van der Waals surface area contributed by atoms with Crippen LogP contribution in [0.5, 0.6) is 0 Å². The van der Waals surface area contributed by atoms with Crippen molar-refractivity contribution in [2.45, 2.75) is 44.4 Å². The van der Waals surface area contributed by atoms with Gasteiger partial charge in [0.2, 0.25) is 0 Å². The first-order chi connectivity index (χ1) is 14.7. The van der Waals surface area contributed by atoms with Crippen molar-refractivity contribution in [2.75, 3.05) is 23.7 Å². The number of thioether (sulfide) groups is 1. The van der Waals surface area contributed by atoms with Crippen LogP contribution < -0.4 is 10.3 Å². The van der Waals surface area contributed by atoms with Crippen LogP contribution in [0.3, 0.4) is 0 Å². The molecule has 0 saturated carbocycles. The molecule has 0 aromatic heterocycles. The van der Waals surface area contributed by atoms with Crippen LogP contribution >= 0.6 is 11.8 Å². The Hall–Kier alpha value is -2.46. The molecule has 0 amide bonds. The van der Waals surface area contributed by atoms with Gasteiger partial charge in [-0.05, 0) is 55.7 Å². The minimum atomic E-state index is 0.804. The molecule has 30 heavy (non-hydrogen) atoms. The fourth-order valence-corrected chi connectivity index (χ4v) is 4.16. The van der Waals surface area contributed by atoms with E-state index in [1.807, 2.05) is 23.9 Å². The van der Waals surface area contributed by atoms with Gasteiger partial charge in [-0.25, -0.2) is 0 Å². The number of hydrazone groups is 1. The van der Waals surface area contributed by atoms with E-state index in [1.165, 1.54) is 22.6 Å². The van der Waals surface area contributed by atoms with Gasteiger partial charge in [0.1, 0.15) is 5.71 Å². The van der Waals surface area contributed by atoms with Crippen LogP contribution in [0.2, 0.25) is 0 Å². The Kier molecular flexibility index (Phi) is 10.3. The molecule has 0 radical (unpaired) electrons. The molecule has 0 aliphatic carbocycles. The lowest BCUT2D eigenvalue weighted by Crippen LogP contribution is -2.22. The van der Waals surface area contributed by atoms with Gasteiger partial charge in [0, 0.05) is 23.5 Å². The van der Waals surface area contributed by atoms with Crippen LogP contribution in [0, 0.1) is 0 Å². The van der Waals surface area contributed by atoms with E-state index in [0.29, 0.717) is 0 Å². The summed E-state index contributed by atoms with van der Waals surface area (Å²) in [6.45, 7) is 17.9. The Balaban J connectivity index is 2.02. The zero-order chi connectivity index (χ0) is 21.8. The van der Waals surface area contributed by atoms with Gasteiger partial charge >= 0.3 is 0 Å². The summed E-state index contributed by atoms with van der Waals surface area (Å²) in [6.07, 6.45) is 14.4. The molecule has 0 atom stereocenters. The first-order valence-electron chi connectivity index (χ1n) is 10.8. The van der Waals surface area contributed by atoms with Gasteiger partial charge in [0.15, 0.2) is 0 Å². The van der Waals surface area contributed by atoms with Gasteiger partial charge in [-0.2, -0.15) is 5.10 Å². The molecule has 1 aromatic rings. The fourth-order valence-electron chi connectivity index (χ4n) is 3.25. The van der Waals surface area contributed by atoms with Gasteiger partial charge in [-0.3, -0.25) is 0 Å². The predicted octanol–water partition coefficient (Wildman–Crippen LogP) is 6.86. The third-order valence-corrected chi connectivity index (χ3v) is 5.92. The highest BCUT2D eigenvalue weighted by Crippen LogP contribution is 2.37. The van der Waals surface area contributed by atoms with E-state index in [1.54, 1.807) is 6.08 Å². The lowest BCUT2D eigenvalue weighted by molar-refractivity contribution is 0.773. The summed E-state index contributed by atoms with van der Waals surface area (Å²) in [5.41, 5.74) is 8.59. The average Bonchev–Trinajstić information content (AvgIpc) is 3.02. The number of hydrogen-bond acceptors (Lipinski definition) is 4. The highest BCUT2D eigenvalue weighted by atomic mass is 32.2. The monoisotopic (exact) mass is 421 g/mol. The SMILES string of the molecule is C=C/C=C(C=C)\C=C/CCCSc1ccc2c(c1)/C(=N/NCC)C(=C)N2CCCC. The van der Waals surface area contributed by atoms with E-state index in [0.717, 1.165) is 55.1 Å². The molecule has 0 unspecified atom stereocenters. The summed E-state index contributed by atoms with van der Waals surface area (Å²) < 4.78 is 0. The maximum atomic E-state index is 4.61. The number of anilines is 1. The van der Waals surface area contributed by atoms with E-state index in [4.69, 9.17) is 0 Å². The number of nitrogens with zero attached hydrogens (tertiary/aromatic N) is 2. The summed E-state index contributed by atoms with van der Waals surface area (Å²) >= 11 is 1.90. The van der Waals surface area contributed by atoms with Crippen molar-refractivity contribution in [2.24, 2.45) is 5.10 Å². The molecule has 160 valence electrons. The first-order valence-corrected chi connectivity index (χ1v) is 11.8. The first kappa shape index (κ1) is 23.8. The van der Waals surface area contributed by atoms with Crippen LogP contribution in [-0.4, -0.2) is 24.6 Å². The van der Waals surface area contributed by atoms with E-state index >= 15 is 0 Å². The second-order valence-electron chi connectivity index (χ2n) is 7.10. The van der Waals surface area contributed by atoms with Crippen LogP contribution in [0.4, 0.5) is 5.69 Å². The van der Waals surface area contributed by atoms with Crippen LogP contribution in [0.15, 0.2) is 89.6 Å². The molecule has 1 aromatic carbocycles. The van der Waals surface area contributed by atoms with E-state index in [-0.39, 0.29) is 0 Å². The predicted molar refractivity (Wildman–Crippen MR) is 136 cm³/mol. The molecule has 1 aliphatic heterocycles. The minimum absolute atomic E-state index is 0.804. The van der Waals surface area contributed by atoms with Crippen LogP contribution in [-0.2, 0) is 0 Å². The number of rotatable bonds is 13. The molecular formula is C26H35N3S. The summed E-state index contributed by atoms with van der Waals surface area (Å²) in [5.74, 6) is 1.08. The van der Waals surface area contributed by atoms with Gasteiger partial charge in [0.05, 0.1) is 11.4 Å². The number of benzene rings is 1. The van der Waals surface area contributed by atoms with Gasteiger partial charge in [0.25, 0.3) is 0 Å². The Morgan fingerprint density at radius 2 is 2.07 bits per heavy atom. The maximum Gasteiger partial charge on any atom is 0.115 e. The van der Waals surface area contributed by atoms with Crippen LogP contribution in [0.1, 0.15) is 45.1 Å². The Morgan fingerprint density at radius 3 is 2.77 bits per heavy atom. The highest BCUT2D eigenvalue weighted by Gasteiger charge is 2.29. The number of unbranched alkanes of at least 4 members (excludes halogenated alkanes) is 2. The lowest BCUT2D eigenvalue weighted by atomic mass is 10.1. The van der Waals surface area contributed by atoms with Crippen molar-refractivity contribution in [3.05, 3.63) is 85.1 Å². The maximum absolute atomic E-state index is 4.61. The summed E-state index contributed by atoms with van der Waals surface area (Å²) in [6, 6.07) is 6.72. The summed E-state index contributed by atoms with van der Waals surface area (Å²) in [5, 5.41) is 4.61. The minimum Gasteiger partial charge on any atom is -0.340 e. The van der Waals surface area contributed by atoms with E-state index < -0.39 is 0 Å². The molecule has 4 heteroatoms. The normalized spacial score (nSPS) is 15.1. The molecule has 0 bridgehead atoms. The summed E-state index contributed by atoms with van der Waals surface area (Å²) in [4.78, 5) is 3.59. The average molecular weight is 422 g/mol. The number of hydrogen-bond donors (Lipinski definition) is 1. The molecule has 2 rings (SSSR count). The second-order valence-corrected chi connectivity index (χ2v) is 8.27. The molecule has 0 spiro atoms. The zero-order valence-corrected chi connectivity index (χ0v) is 19.3. The van der Waals surface area contributed by atoms with E-state index in [9.17, 15) is 0 Å². The summed E-state index contributed by atoms with van der Waals surface area (Å²) in [7, 11) is 0. The largest absolute Gasteiger partial charge is 0.340 e. The zero-order valence-electron chi connectivity index (χ0n) is 18.5. The molecule has 3 nitrogen and oxygen atoms in total. The molecule has 1 aliphatic rings. The van der Waals surface area contributed by atoms with Crippen molar-refractivity contribution < 1.29 is 0 Å². The number of nitrogens with one attached hydrogen (secondary N) is 1. The molecule has 1 N–H and O–H groups in total. The Bertz CT molecular complexity index is 833. The van der Waals surface area contributed by atoms with Gasteiger partial charge in [-0.1, -0.05) is 63.5 Å². The Labute approximate surface area is 187 Å².